The molecule has 0 aromatic heterocycles. The second-order valence-electron chi connectivity index (χ2n) is 8.72. The van der Waals surface area contributed by atoms with E-state index in [1.807, 2.05) is 0 Å². The molecule has 4 rings (SSSR count). The van der Waals surface area contributed by atoms with Crippen LogP contribution in [0.3, 0.4) is 0 Å². The SMILES string of the molecule is Cc1cc2c(cc1C)NC1C(N2)C(C)(C)c2ccccc2C1(C)C. The summed E-state index contributed by atoms with van der Waals surface area (Å²) in [5, 5.41) is 7.78. The Kier molecular flexibility index (Phi) is 3.10. The van der Waals surface area contributed by atoms with Crippen molar-refractivity contribution in [3.63, 3.8) is 0 Å². The topological polar surface area (TPSA) is 24.1 Å². The molecule has 2 unspecified atom stereocenters. The molecule has 2 nitrogen and oxygen atoms in total. The van der Waals surface area contributed by atoms with Gasteiger partial charge in [0.2, 0.25) is 0 Å². The van der Waals surface area contributed by atoms with Crippen LogP contribution in [0.25, 0.3) is 0 Å². The van der Waals surface area contributed by atoms with E-state index in [1.165, 1.54) is 33.6 Å². The molecule has 2 aromatic rings. The van der Waals surface area contributed by atoms with E-state index in [9.17, 15) is 0 Å². The zero-order chi connectivity index (χ0) is 17.3. The molecular formula is C22H28N2. The van der Waals surface area contributed by atoms with Gasteiger partial charge in [0, 0.05) is 10.8 Å². The molecule has 2 heteroatoms. The summed E-state index contributed by atoms with van der Waals surface area (Å²) >= 11 is 0. The van der Waals surface area contributed by atoms with Crippen molar-refractivity contribution >= 4 is 11.4 Å². The van der Waals surface area contributed by atoms with Gasteiger partial charge in [0.25, 0.3) is 0 Å². The molecule has 2 atom stereocenters. The van der Waals surface area contributed by atoms with Crippen molar-refractivity contribution in [1.29, 1.82) is 0 Å². The smallest absolute Gasteiger partial charge is 0.0582 e. The Morgan fingerprint density at radius 3 is 1.46 bits per heavy atom. The van der Waals surface area contributed by atoms with Crippen LogP contribution in [0.4, 0.5) is 11.4 Å². The summed E-state index contributed by atoms with van der Waals surface area (Å²) in [5.41, 5.74) is 8.24. The number of hydrogen-bond acceptors (Lipinski definition) is 2. The maximum absolute atomic E-state index is 3.89. The lowest BCUT2D eigenvalue weighted by Crippen LogP contribution is -2.64. The quantitative estimate of drug-likeness (QED) is 0.701. The molecular weight excluding hydrogens is 292 g/mol. The molecule has 0 saturated heterocycles. The Morgan fingerprint density at radius 2 is 1.08 bits per heavy atom. The highest BCUT2D eigenvalue weighted by Crippen LogP contribution is 2.50. The maximum atomic E-state index is 3.89. The van der Waals surface area contributed by atoms with E-state index in [0.717, 1.165) is 0 Å². The van der Waals surface area contributed by atoms with Crippen molar-refractivity contribution in [2.45, 2.75) is 64.5 Å². The van der Waals surface area contributed by atoms with Gasteiger partial charge < -0.3 is 10.6 Å². The number of anilines is 2. The predicted molar refractivity (Wildman–Crippen MR) is 103 cm³/mol. The van der Waals surface area contributed by atoms with Gasteiger partial charge >= 0.3 is 0 Å². The highest BCUT2D eigenvalue weighted by Gasteiger charge is 2.52. The van der Waals surface area contributed by atoms with E-state index in [1.54, 1.807) is 0 Å². The third-order valence-electron chi connectivity index (χ3n) is 6.46. The van der Waals surface area contributed by atoms with Crippen LogP contribution < -0.4 is 10.6 Å². The molecule has 0 spiro atoms. The van der Waals surface area contributed by atoms with E-state index in [4.69, 9.17) is 0 Å². The minimum atomic E-state index is 0.0697. The third kappa shape index (κ3) is 1.95. The van der Waals surface area contributed by atoms with Gasteiger partial charge in [0.15, 0.2) is 0 Å². The Hall–Kier alpha value is -1.96. The van der Waals surface area contributed by atoms with E-state index in [2.05, 4.69) is 88.6 Å². The van der Waals surface area contributed by atoms with Crippen molar-refractivity contribution in [2.24, 2.45) is 0 Å². The Labute approximate surface area is 145 Å². The Balaban J connectivity index is 1.90. The number of rotatable bonds is 0. The second-order valence-corrected chi connectivity index (χ2v) is 8.72. The molecule has 1 aliphatic heterocycles. The van der Waals surface area contributed by atoms with Crippen LogP contribution in [0.1, 0.15) is 49.9 Å². The van der Waals surface area contributed by atoms with E-state index in [0.29, 0.717) is 12.1 Å². The van der Waals surface area contributed by atoms with Crippen molar-refractivity contribution in [3.05, 3.63) is 58.7 Å². The Morgan fingerprint density at radius 1 is 0.708 bits per heavy atom. The first-order valence-electron chi connectivity index (χ1n) is 8.97. The van der Waals surface area contributed by atoms with Crippen LogP contribution in [0.5, 0.6) is 0 Å². The highest BCUT2D eigenvalue weighted by molar-refractivity contribution is 5.76. The molecule has 0 bridgehead atoms. The molecule has 0 saturated carbocycles. The number of aryl methyl sites for hydroxylation is 2. The van der Waals surface area contributed by atoms with Gasteiger partial charge in [-0.2, -0.15) is 0 Å². The fourth-order valence-electron chi connectivity index (χ4n) is 4.69. The van der Waals surface area contributed by atoms with Gasteiger partial charge in [-0.25, -0.2) is 0 Å². The summed E-state index contributed by atoms with van der Waals surface area (Å²) in [4.78, 5) is 0. The van der Waals surface area contributed by atoms with Crippen LogP contribution in [0, 0.1) is 13.8 Å². The van der Waals surface area contributed by atoms with Gasteiger partial charge in [0.1, 0.15) is 0 Å². The highest BCUT2D eigenvalue weighted by atomic mass is 15.1. The molecule has 0 radical (unpaired) electrons. The zero-order valence-corrected chi connectivity index (χ0v) is 15.6. The first kappa shape index (κ1) is 15.6. The summed E-state index contributed by atoms with van der Waals surface area (Å²) in [7, 11) is 0. The lowest BCUT2D eigenvalue weighted by Gasteiger charge is -2.56. The summed E-state index contributed by atoms with van der Waals surface area (Å²) in [6, 6.07) is 14.3. The summed E-state index contributed by atoms with van der Waals surface area (Å²) in [6.07, 6.45) is 0. The van der Waals surface area contributed by atoms with Gasteiger partial charge in [0.05, 0.1) is 23.5 Å². The minimum absolute atomic E-state index is 0.0697. The Bertz CT molecular complexity index is 749. The molecule has 2 N–H and O–H groups in total. The molecule has 0 fully saturated rings. The first-order chi connectivity index (χ1) is 11.2. The number of fused-ring (bicyclic) bond motifs is 3. The van der Waals surface area contributed by atoms with Crippen LogP contribution >= 0.6 is 0 Å². The molecule has 2 aliphatic rings. The van der Waals surface area contributed by atoms with Crippen LogP contribution in [0.2, 0.25) is 0 Å². The molecule has 2 aromatic carbocycles. The number of benzene rings is 2. The lowest BCUT2D eigenvalue weighted by molar-refractivity contribution is 0.267. The predicted octanol–water partition coefficient (Wildman–Crippen LogP) is 5.15. The van der Waals surface area contributed by atoms with Crippen LogP contribution in [-0.2, 0) is 10.8 Å². The van der Waals surface area contributed by atoms with Gasteiger partial charge in [-0.15, -0.1) is 0 Å². The van der Waals surface area contributed by atoms with Gasteiger partial charge in [-0.1, -0.05) is 52.0 Å². The molecule has 24 heavy (non-hydrogen) atoms. The first-order valence-corrected chi connectivity index (χ1v) is 8.97. The van der Waals surface area contributed by atoms with E-state index < -0.39 is 0 Å². The molecule has 1 aliphatic carbocycles. The average molecular weight is 320 g/mol. The summed E-state index contributed by atoms with van der Waals surface area (Å²) in [5.74, 6) is 0. The largest absolute Gasteiger partial charge is 0.378 e. The third-order valence-corrected chi connectivity index (χ3v) is 6.46. The van der Waals surface area contributed by atoms with Gasteiger partial charge in [-0.3, -0.25) is 0 Å². The van der Waals surface area contributed by atoms with E-state index >= 15 is 0 Å². The van der Waals surface area contributed by atoms with Crippen LogP contribution in [0.15, 0.2) is 36.4 Å². The monoisotopic (exact) mass is 320 g/mol. The normalized spacial score (nSPS) is 25.6. The lowest BCUT2D eigenvalue weighted by atomic mass is 9.57. The zero-order valence-electron chi connectivity index (χ0n) is 15.6. The summed E-state index contributed by atoms with van der Waals surface area (Å²) < 4.78 is 0. The van der Waals surface area contributed by atoms with Crippen molar-refractivity contribution < 1.29 is 0 Å². The number of nitrogens with one attached hydrogen (secondary N) is 2. The van der Waals surface area contributed by atoms with Crippen molar-refractivity contribution in [3.8, 4) is 0 Å². The summed E-state index contributed by atoms with van der Waals surface area (Å²) in [6.45, 7) is 13.9. The number of hydrogen-bond donors (Lipinski definition) is 2. The van der Waals surface area contributed by atoms with Crippen molar-refractivity contribution in [1.82, 2.24) is 0 Å². The molecule has 1 heterocycles. The fraction of sp³-hybridized carbons (Fsp3) is 0.455. The maximum Gasteiger partial charge on any atom is 0.0582 e. The van der Waals surface area contributed by atoms with E-state index in [-0.39, 0.29) is 10.8 Å². The van der Waals surface area contributed by atoms with Crippen LogP contribution in [-0.4, -0.2) is 12.1 Å². The average Bonchev–Trinajstić information content (AvgIpc) is 2.54. The minimum Gasteiger partial charge on any atom is -0.378 e. The standard InChI is InChI=1S/C22H28N2/c1-13-11-17-18(12-14(13)2)24-20-19(23-17)21(3,4)15-9-7-8-10-16(15)22(20,5)6/h7-12,19-20,23-24H,1-6H3. The second kappa shape index (κ2) is 4.78. The molecule has 0 amide bonds. The molecule has 126 valence electrons. The van der Waals surface area contributed by atoms with Gasteiger partial charge in [-0.05, 0) is 48.2 Å². The van der Waals surface area contributed by atoms with Crippen molar-refractivity contribution in [2.75, 3.05) is 10.6 Å². The fourth-order valence-corrected chi connectivity index (χ4v) is 4.69.